The number of hydrogen-bond acceptors (Lipinski definition) is 2. The first-order valence-electron chi connectivity index (χ1n) is 7.46. The molecule has 3 heteroatoms. The van der Waals surface area contributed by atoms with Crippen LogP contribution in [0.15, 0.2) is 54.6 Å². The third-order valence-corrected chi connectivity index (χ3v) is 3.68. The minimum absolute atomic E-state index is 0.108. The number of benzene rings is 2. The molecule has 0 heterocycles. The second-order valence-corrected chi connectivity index (χ2v) is 5.74. The monoisotopic (exact) mass is 295 g/mol. The van der Waals surface area contributed by atoms with Gasteiger partial charge < -0.3 is 5.32 Å². The maximum Gasteiger partial charge on any atom is 0.255 e. The van der Waals surface area contributed by atoms with Gasteiger partial charge in [0, 0.05) is 17.2 Å². The summed E-state index contributed by atoms with van der Waals surface area (Å²) >= 11 is 0. The molecule has 2 aromatic rings. The molecule has 22 heavy (non-hydrogen) atoms. The molecule has 1 unspecified atom stereocenters. The van der Waals surface area contributed by atoms with Gasteiger partial charge >= 0.3 is 0 Å². The van der Waals surface area contributed by atoms with Crippen LogP contribution in [0.5, 0.6) is 0 Å². The van der Waals surface area contributed by atoms with Crippen LogP contribution in [0.4, 0.5) is 5.69 Å². The van der Waals surface area contributed by atoms with Crippen molar-refractivity contribution in [1.29, 1.82) is 0 Å². The van der Waals surface area contributed by atoms with Gasteiger partial charge in [-0.3, -0.25) is 9.59 Å². The molecular weight excluding hydrogens is 274 g/mol. The van der Waals surface area contributed by atoms with Gasteiger partial charge in [0.05, 0.1) is 0 Å². The Labute approximate surface area is 131 Å². The van der Waals surface area contributed by atoms with E-state index in [0.717, 1.165) is 5.56 Å². The Morgan fingerprint density at radius 1 is 0.909 bits per heavy atom. The molecule has 114 valence electrons. The van der Waals surface area contributed by atoms with Crippen LogP contribution >= 0.6 is 0 Å². The smallest absolute Gasteiger partial charge is 0.255 e. The average Bonchev–Trinajstić information content (AvgIpc) is 2.49. The molecule has 0 spiro atoms. The van der Waals surface area contributed by atoms with E-state index in [0.29, 0.717) is 11.3 Å². The summed E-state index contributed by atoms with van der Waals surface area (Å²) in [7, 11) is 0. The highest BCUT2D eigenvalue weighted by atomic mass is 16.1. The Bertz CT molecular complexity index is 662. The lowest BCUT2D eigenvalue weighted by molar-refractivity contribution is -0.119. The zero-order valence-electron chi connectivity index (χ0n) is 13.2. The largest absolute Gasteiger partial charge is 0.322 e. The number of anilines is 1. The molecule has 0 aliphatic heterocycles. The fraction of sp³-hybridized carbons (Fsp3) is 0.263. The first-order chi connectivity index (χ1) is 10.5. The number of para-hydroxylation sites is 1. The molecule has 0 bridgehead atoms. The molecule has 2 aromatic carbocycles. The van der Waals surface area contributed by atoms with E-state index in [9.17, 15) is 9.59 Å². The second-order valence-electron chi connectivity index (χ2n) is 5.74. The maximum absolute atomic E-state index is 12.3. The lowest BCUT2D eigenvalue weighted by atomic mass is 9.84. The van der Waals surface area contributed by atoms with Crippen molar-refractivity contribution in [1.82, 2.24) is 0 Å². The predicted octanol–water partition coefficient (Wildman–Crippen LogP) is 4.27. The van der Waals surface area contributed by atoms with Gasteiger partial charge in [-0.1, -0.05) is 50.2 Å². The summed E-state index contributed by atoms with van der Waals surface area (Å²) in [5.74, 6) is -0.102. The summed E-state index contributed by atoms with van der Waals surface area (Å²) in [5, 5.41) is 2.93. The van der Waals surface area contributed by atoms with Gasteiger partial charge in [-0.2, -0.15) is 0 Å². The zero-order valence-corrected chi connectivity index (χ0v) is 13.2. The number of rotatable bonds is 5. The van der Waals surface area contributed by atoms with E-state index in [1.165, 1.54) is 0 Å². The fourth-order valence-corrected chi connectivity index (χ4v) is 2.71. The third kappa shape index (κ3) is 3.61. The van der Waals surface area contributed by atoms with E-state index >= 15 is 0 Å². The molecule has 2 rings (SSSR count). The molecule has 0 saturated carbocycles. The van der Waals surface area contributed by atoms with Crippen molar-refractivity contribution in [2.75, 3.05) is 5.32 Å². The molecule has 1 N–H and O–H groups in total. The van der Waals surface area contributed by atoms with Gasteiger partial charge in [-0.25, -0.2) is 0 Å². The molecule has 1 amide bonds. The Kier molecular flexibility index (Phi) is 5.10. The van der Waals surface area contributed by atoms with Crippen LogP contribution in [0.1, 0.15) is 42.6 Å². The minimum atomic E-state index is -0.215. The van der Waals surface area contributed by atoms with Crippen LogP contribution < -0.4 is 5.32 Å². The number of ketones is 1. The summed E-state index contributed by atoms with van der Waals surface area (Å²) in [4.78, 5) is 24.3. The summed E-state index contributed by atoms with van der Waals surface area (Å²) in [6, 6.07) is 16.6. The van der Waals surface area contributed by atoms with Crippen molar-refractivity contribution < 1.29 is 9.59 Å². The number of amides is 1. The van der Waals surface area contributed by atoms with Gasteiger partial charge in [0.1, 0.15) is 5.78 Å². The molecule has 0 radical (unpaired) electrons. The lowest BCUT2D eigenvalue weighted by Gasteiger charge is -2.21. The molecule has 1 atom stereocenters. The van der Waals surface area contributed by atoms with E-state index in [-0.39, 0.29) is 23.5 Å². The lowest BCUT2D eigenvalue weighted by Crippen LogP contribution is -2.19. The highest BCUT2D eigenvalue weighted by Crippen LogP contribution is 2.31. The van der Waals surface area contributed by atoms with Crippen LogP contribution in [0.2, 0.25) is 0 Å². The van der Waals surface area contributed by atoms with Gasteiger partial charge in [0.15, 0.2) is 0 Å². The Morgan fingerprint density at radius 2 is 1.50 bits per heavy atom. The molecular formula is C19H21NO2. The summed E-state index contributed by atoms with van der Waals surface area (Å²) < 4.78 is 0. The van der Waals surface area contributed by atoms with E-state index in [4.69, 9.17) is 0 Å². The number of carbonyl (C=O) groups is 2. The molecule has 0 saturated heterocycles. The number of hydrogen-bond donors (Lipinski definition) is 1. The van der Waals surface area contributed by atoms with Crippen LogP contribution in [-0.4, -0.2) is 11.7 Å². The molecule has 0 aromatic heterocycles. The Balaban J connectivity index is 2.33. The Morgan fingerprint density at radius 3 is 2.09 bits per heavy atom. The number of carbonyl (C=O) groups excluding carboxylic acids is 2. The highest BCUT2D eigenvalue weighted by molar-refractivity contribution is 6.05. The van der Waals surface area contributed by atoms with Gasteiger partial charge in [-0.05, 0) is 36.6 Å². The van der Waals surface area contributed by atoms with Crippen LogP contribution in [-0.2, 0) is 4.79 Å². The van der Waals surface area contributed by atoms with Crippen LogP contribution in [0.25, 0.3) is 0 Å². The first-order valence-corrected chi connectivity index (χ1v) is 7.46. The van der Waals surface area contributed by atoms with E-state index in [2.05, 4.69) is 5.32 Å². The van der Waals surface area contributed by atoms with E-state index in [1.54, 1.807) is 19.1 Å². The average molecular weight is 295 g/mol. The molecule has 0 fully saturated rings. The minimum Gasteiger partial charge on any atom is -0.322 e. The second kappa shape index (κ2) is 7.03. The van der Waals surface area contributed by atoms with Crippen molar-refractivity contribution in [3.8, 4) is 0 Å². The Hall–Kier alpha value is -2.42. The normalized spacial score (nSPS) is 12.0. The van der Waals surface area contributed by atoms with Crippen molar-refractivity contribution in [3.63, 3.8) is 0 Å². The van der Waals surface area contributed by atoms with Gasteiger partial charge in [-0.15, -0.1) is 0 Å². The van der Waals surface area contributed by atoms with E-state index < -0.39 is 0 Å². The molecule has 0 aliphatic carbocycles. The number of Topliss-reactive ketones (excluding diaryl/α,β-unsaturated/α-hetero) is 1. The molecule has 3 nitrogen and oxygen atoms in total. The molecule has 0 aliphatic rings. The van der Waals surface area contributed by atoms with E-state index in [1.807, 2.05) is 56.3 Å². The van der Waals surface area contributed by atoms with Gasteiger partial charge in [0.2, 0.25) is 0 Å². The van der Waals surface area contributed by atoms with Crippen molar-refractivity contribution in [3.05, 3.63) is 65.7 Å². The quantitative estimate of drug-likeness (QED) is 0.895. The SMILES string of the molecule is CC(=O)C(c1ccccc1NC(=O)c1ccccc1)C(C)C. The third-order valence-electron chi connectivity index (χ3n) is 3.68. The van der Waals surface area contributed by atoms with Crippen LogP contribution in [0, 0.1) is 5.92 Å². The number of nitrogens with one attached hydrogen (secondary N) is 1. The van der Waals surface area contributed by atoms with Crippen molar-refractivity contribution in [2.45, 2.75) is 26.7 Å². The standard InChI is InChI=1S/C19H21NO2/c1-13(2)18(14(3)21)16-11-7-8-12-17(16)20-19(22)15-9-5-4-6-10-15/h4-13,18H,1-3H3,(H,20,22). The maximum atomic E-state index is 12.3. The summed E-state index contributed by atoms with van der Waals surface area (Å²) in [6.07, 6.45) is 0. The topological polar surface area (TPSA) is 46.2 Å². The van der Waals surface area contributed by atoms with Crippen molar-refractivity contribution >= 4 is 17.4 Å². The van der Waals surface area contributed by atoms with Crippen LogP contribution in [0.3, 0.4) is 0 Å². The first kappa shape index (κ1) is 16.0. The highest BCUT2D eigenvalue weighted by Gasteiger charge is 2.23. The van der Waals surface area contributed by atoms with Gasteiger partial charge in [0.25, 0.3) is 5.91 Å². The summed E-state index contributed by atoms with van der Waals surface area (Å²) in [6.45, 7) is 5.63. The van der Waals surface area contributed by atoms with Crippen molar-refractivity contribution in [2.24, 2.45) is 5.92 Å². The predicted molar refractivity (Wildman–Crippen MR) is 89.1 cm³/mol. The fourth-order valence-electron chi connectivity index (χ4n) is 2.71. The summed E-state index contributed by atoms with van der Waals surface area (Å²) in [5.41, 5.74) is 2.17. The zero-order chi connectivity index (χ0) is 16.1.